The second kappa shape index (κ2) is 5.64. The van der Waals surface area contributed by atoms with Gasteiger partial charge >= 0.3 is 0 Å². The first-order valence-corrected chi connectivity index (χ1v) is 7.11. The van der Waals surface area contributed by atoms with Crippen LogP contribution in [0.3, 0.4) is 0 Å². The molecule has 1 fully saturated rings. The SMILES string of the molecule is CCC1CCCCN1CCc1csc(N)n1. The van der Waals surface area contributed by atoms with Gasteiger partial charge in [-0.15, -0.1) is 11.3 Å². The molecule has 1 unspecified atom stereocenters. The van der Waals surface area contributed by atoms with E-state index in [1.54, 1.807) is 11.3 Å². The lowest BCUT2D eigenvalue weighted by Crippen LogP contribution is -2.40. The zero-order valence-electron chi connectivity index (χ0n) is 9.98. The molecule has 2 rings (SSSR count). The van der Waals surface area contributed by atoms with Crippen LogP contribution in [-0.4, -0.2) is 29.0 Å². The maximum Gasteiger partial charge on any atom is 0.180 e. The van der Waals surface area contributed by atoms with Gasteiger partial charge in [-0.2, -0.15) is 0 Å². The van der Waals surface area contributed by atoms with E-state index in [9.17, 15) is 0 Å². The number of likely N-dealkylation sites (tertiary alicyclic amines) is 1. The third-order valence-electron chi connectivity index (χ3n) is 3.44. The standard InChI is InChI=1S/C12H21N3S/c1-2-11-5-3-4-7-15(11)8-6-10-9-16-12(13)14-10/h9,11H,2-8H2,1H3,(H2,13,14). The minimum atomic E-state index is 0.695. The van der Waals surface area contributed by atoms with Crippen molar-refractivity contribution in [3.05, 3.63) is 11.1 Å². The monoisotopic (exact) mass is 239 g/mol. The summed E-state index contributed by atoms with van der Waals surface area (Å²) >= 11 is 1.55. The summed E-state index contributed by atoms with van der Waals surface area (Å²) in [6, 6.07) is 0.796. The summed E-state index contributed by atoms with van der Waals surface area (Å²) in [7, 11) is 0. The van der Waals surface area contributed by atoms with E-state index in [4.69, 9.17) is 5.73 Å². The third-order valence-corrected chi connectivity index (χ3v) is 4.17. The Bertz CT molecular complexity index is 324. The largest absolute Gasteiger partial charge is 0.375 e. The van der Waals surface area contributed by atoms with Gasteiger partial charge in [-0.25, -0.2) is 4.98 Å². The maximum atomic E-state index is 5.63. The van der Waals surface area contributed by atoms with Crippen LogP contribution in [0.2, 0.25) is 0 Å². The Morgan fingerprint density at radius 3 is 3.12 bits per heavy atom. The Morgan fingerprint density at radius 2 is 2.44 bits per heavy atom. The number of aromatic nitrogens is 1. The smallest absolute Gasteiger partial charge is 0.180 e. The van der Waals surface area contributed by atoms with Crippen molar-refractivity contribution in [3.8, 4) is 0 Å². The summed E-state index contributed by atoms with van der Waals surface area (Å²) in [5.74, 6) is 0. The summed E-state index contributed by atoms with van der Waals surface area (Å²) < 4.78 is 0. The van der Waals surface area contributed by atoms with Crippen LogP contribution in [0.25, 0.3) is 0 Å². The van der Waals surface area contributed by atoms with Gasteiger partial charge in [0.1, 0.15) is 0 Å². The molecule has 90 valence electrons. The first kappa shape index (κ1) is 11.9. The molecule has 1 aromatic heterocycles. The van der Waals surface area contributed by atoms with Crippen molar-refractivity contribution in [2.75, 3.05) is 18.8 Å². The lowest BCUT2D eigenvalue weighted by molar-refractivity contribution is 0.145. The molecule has 1 atom stereocenters. The van der Waals surface area contributed by atoms with Crippen molar-refractivity contribution in [1.29, 1.82) is 0 Å². The van der Waals surface area contributed by atoms with E-state index in [0.717, 1.165) is 24.7 Å². The lowest BCUT2D eigenvalue weighted by atomic mass is 10.00. The van der Waals surface area contributed by atoms with Crippen molar-refractivity contribution in [2.24, 2.45) is 0 Å². The molecule has 1 aromatic rings. The molecule has 0 bridgehead atoms. The van der Waals surface area contributed by atoms with Crippen molar-refractivity contribution < 1.29 is 0 Å². The number of hydrogen-bond donors (Lipinski definition) is 1. The molecule has 4 heteroatoms. The second-order valence-electron chi connectivity index (χ2n) is 4.52. The minimum Gasteiger partial charge on any atom is -0.375 e. The van der Waals surface area contributed by atoms with Crippen LogP contribution in [0.5, 0.6) is 0 Å². The van der Waals surface area contributed by atoms with Crippen LogP contribution in [0.4, 0.5) is 5.13 Å². The Labute approximate surface area is 102 Å². The summed E-state index contributed by atoms with van der Waals surface area (Å²) in [6.07, 6.45) is 6.45. The fraction of sp³-hybridized carbons (Fsp3) is 0.750. The van der Waals surface area contributed by atoms with Gasteiger partial charge in [-0.05, 0) is 25.8 Å². The Balaban J connectivity index is 1.84. The quantitative estimate of drug-likeness (QED) is 0.878. The van der Waals surface area contributed by atoms with Crippen LogP contribution < -0.4 is 5.73 Å². The fourth-order valence-corrected chi connectivity index (χ4v) is 3.11. The molecule has 0 aromatic carbocycles. The fourth-order valence-electron chi connectivity index (χ4n) is 2.51. The zero-order valence-corrected chi connectivity index (χ0v) is 10.8. The average Bonchev–Trinajstić information content (AvgIpc) is 2.73. The van der Waals surface area contributed by atoms with Gasteiger partial charge in [-0.1, -0.05) is 13.3 Å². The van der Waals surface area contributed by atoms with Crippen molar-refractivity contribution in [1.82, 2.24) is 9.88 Å². The number of anilines is 1. The van der Waals surface area contributed by atoms with E-state index < -0.39 is 0 Å². The molecule has 1 aliphatic heterocycles. The predicted molar refractivity (Wildman–Crippen MR) is 69.7 cm³/mol. The van der Waals surface area contributed by atoms with Crippen molar-refractivity contribution >= 4 is 16.5 Å². The molecule has 0 amide bonds. The maximum absolute atomic E-state index is 5.63. The highest BCUT2D eigenvalue weighted by atomic mass is 32.1. The molecule has 2 heterocycles. The molecule has 3 nitrogen and oxygen atoms in total. The minimum absolute atomic E-state index is 0.695. The van der Waals surface area contributed by atoms with Crippen LogP contribution in [0.15, 0.2) is 5.38 Å². The molecule has 1 saturated heterocycles. The molecular weight excluding hydrogens is 218 g/mol. The Morgan fingerprint density at radius 1 is 1.56 bits per heavy atom. The molecule has 16 heavy (non-hydrogen) atoms. The van der Waals surface area contributed by atoms with E-state index >= 15 is 0 Å². The predicted octanol–water partition coefficient (Wildman–Crippen LogP) is 2.53. The van der Waals surface area contributed by atoms with Crippen LogP contribution >= 0.6 is 11.3 Å². The zero-order chi connectivity index (χ0) is 11.4. The molecule has 0 spiro atoms. The molecule has 1 aliphatic rings. The van der Waals surface area contributed by atoms with E-state index in [1.807, 2.05) is 0 Å². The van der Waals surface area contributed by atoms with Gasteiger partial charge < -0.3 is 10.6 Å². The highest BCUT2D eigenvalue weighted by Crippen LogP contribution is 2.20. The van der Waals surface area contributed by atoms with Gasteiger partial charge in [0.15, 0.2) is 5.13 Å². The molecule has 2 N–H and O–H groups in total. The normalized spacial score (nSPS) is 22.4. The molecule has 0 saturated carbocycles. The van der Waals surface area contributed by atoms with E-state index in [1.165, 1.54) is 32.2 Å². The number of piperidine rings is 1. The number of hydrogen-bond acceptors (Lipinski definition) is 4. The van der Waals surface area contributed by atoms with E-state index in [2.05, 4.69) is 22.2 Å². The molecular formula is C12H21N3S. The van der Waals surface area contributed by atoms with Crippen molar-refractivity contribution in [3.63, 3.8) is 0 Å². The average molecular weight is 239 g/mol. The number of nitrogen functional groups attached to an aromatic ring is 1. The van der Waals surface area contributed by atoms with Gasteiger partial charge in [0, 0.05) is 24.4 Å². The van der Waals surface area contributed by atoms with Crippen molar-refractivity contribution in [2.45, 2.75) is 45.1 Å². The van der Waals surface area contributed by atoms with Gasteiger partial charge in [0.05, 0.1) is 5.69 Å². The Kier molecular flexibility index (Phi) is 4.18. The number of nitrogens with zero attached hydrogens (tertiary/aromatic N) is 2. The number of rotatable bonds is 4. The lowest BCUT2D eigenvalue weighted by Gasteiger charge is -2.35. The molecule has 0 aliphatic carbocycles. The summed E-state index contributed by atoms with van der Waals surface area (Å²) in [4.78, 5) is 6.94. The number of nitrogens with two attached hydrogens (primary N) is 1. The second-order valence-corrected chi connectivity index (χ2v) is 5.41. The van der Waals surface area contributed by atoms with E-state index in [-0.39, 0.29) is 0 Å². The van der Waals surface area contributed by atoms with Crippen LogP contribution in [-0.2, 0) is 6.42 Å². The third kappa shape index (κ3) is 2.95. The molecule has 0 radical (unpaired) electrons. The summed E-state index contributed by atoms with van der Waals surface area (Å²) in [5.41, 5.74) is 6.79. The van der Waals surface area contributed by atoms with Crippen LogP contribution in [0.1, 0.15) is 38.3 Å². The van der Waals surface area contributed by atoms with Gasteiger partial charge in [-0.3, -0.25) is 0 Å². The summed E-state index contributed by atoms with van der Waals surface area (Å²) in [5, 5.41) is 2.78. The topological polar surface area (TPSA) is 42.1 Å². The first-order valence-electron chi connectivity index (χ1n) is 6.23. The van der Waals surface area contributed by atoms with Gasteiger partial charge in [0.2, 0.25) is 0 Å². The van der Waals surface area contributed by atoms with Gasteiger partial charge in [0.25, 0.3) is 0 Å². The first-order chi connectivity index (χ1) is 7.79. The highest BCUT2D eigenvalue weighted by Gasteiger charge is 2.20. The number of thiazole rings is 1. The van der Waals surface area contributed by atoms with Crippen LogP contribution in [0, 0.1) is 0 Å². The summed E-state index contributed by atoms with van der Waals surface area (Å²) in [6.45, 7) is 4.70. The highest BCUT2D eigenvalue weighted by molar-refractivity contribution is 7.13. The van der Waals surface area contributed by atoms with E-state index in [0.29, 0.717) is 5.13 Å². The Hall–Kier alpha value is -0.610.